The fourth-order valence-electron chi connectivity index (χ4n) is 2.21. The molecule has 116 valence electrons. The predicted octanol–water partition coefficient (Wildman–Crippen LogP) is 1.94. The highest BCUT2D eigenvalue weighted by molar-refractivity contribution is 5.92. The van der Waals surface area contributed by atoms with E-state index in [1.54, 1.807) is 0 Å². The molecular weight excluding hydrogens is 283 g/mol. The molecule has 1 amide bonds. The molecule has 0 spiro atoms. The number of benzene rings is 1. The Bertz CT molecular complexity index is 465. The number of alkyl halides is 3. The third-order valence-corrected chi connectivity index (χ3v) is 3.30. The molecule has 0 aromatic heterocycles. The molecule has 1 aliphatic rings. The number of carbonyl (C=O) groups is 1. The molecule has 2 N–H and O–H groups in total. The van der Waals surface area contributed by atoms with Crippen LogP contribution in [0, 0.1) is 0 Å². The molecule has 7 heteroatoms. The van der Waals surface area contributed by atoms with Gasteiger partial charge in [-0.3, -0.25) is 9.69 Å². The number of nitrogens with one attached hydrogen (secondary N) is 2. The number of rotatable bonds is 3. The van der Waals surface area contributed by atoms with Crippen molar-refractivity contribution in [2.45, 2.75) is 12.6 Å². The number of halogens is 3. The van der Waals surface area contributed by atoms with Gasteiger partial charge in [-0.1, -0.05) is 0 Å². The van der Waals surface area contributed by atoms with E-state index in [4.69, 9.17) is 0 Å². The first-order valence-electron chi connectivity index (χ1n) is 6.85. The summed E-state index contributed by atoms with van der Waals surface area (Å²) in [5.41, 5.74) is -0.347. The maximum absolute atomic E-state index is 12.4. The van der Waals surface area contributed by atoms with Crippen molar-refractivity contribution in [2.24, 2.45) is 0 Å². The molecular formula is C14H18F3N3O. The lowest BCUT2D eigenvalue weighted by Crippen LogP contribution is -2.35. The van der Waals surface area contributed by atoms with E-state index in [1.807, 2.05) is 4.90 Å². The zero-order valence-corrected chi connectivity index (χ0v) is 11.5. The van der Waals surface area contributed by atoms with Crippen LogP contribution < -0.4 is 10.6 Å². The molecule has 0 unspecified atom stereocenters. The van der Waals surface area contributed by atoms with Crippen LogP contribution in [-0.4, -0.2) is 43.5 Å². The number of anilines is 1. The Morgan fingerprint density at radius 1 is 1.19 bits per heavy atom. The smallest absolute Gasteiger partial charge is 0.325 e. The van der Waals surface area contributed by atoms with Gasteiger partial charge < -0.3 is 10.6 Å². The molecule has 1 aliphatic heterocycles. The van der Waals surface area contributed by atoms with Gasteiger partial charge in [0, 0.05) is 18.8 Å². The molecule has 1 heterocycles. The molecule has 2 rings (SSSR count). The van der Waals surface area contributed by atoms with Gasteiger partial charge >= 0.3 is 6.18 Å². The topological polar surface area (TPSA) is 44.4 Å². The van der Waals surface area contributed by atoms with Crippen molar-refractivity contribution in [3.8, 4) is 0 Å². The van der Waals surface area contributed by atoms with E-state index >= 15 is 0 Å². The van der Waals surface area contributed by atoms with Gasteiger partial charge in [0.15, 0.2) is 0 Å². The van der Waals surface area contributed by atoms with Gasteiger partial charge in [-0.2, -0.15) is 13.2 Å². The van der Waals surface area contributed by atoms with Crippen molar-refractivity contribution < 1.29 is 18.0 Å². The van der Waals surface area contributed by atoms with Crippen molar-refractivity contribution in [1.29, 1.82) is 0 Å². The van der Waals surface area contributed by atoms with Crippen molar-refractivity contribution in [3.63, 3.8) is 0 Å². The summed E-state index contributed by atoms with van der Waals surface area (Å²) in [6.45, 7) is 3.67. The zero-order chi connectivity index (χ0) is 15.3. The van der Waals surface area contributed by atoms with Crippen LogP contribution in [-0.2, 0) is 11.0 Å². The van der Waals surface area contributed by atoms with Gasteiger partial charge in [0.1, 0.15) is 0 Å². The summed E-state index contributed by atoms with van der Waals surface area (Å²) in [5, 5.41) is 5.86. The molecule has 0 saturated carbocycles. The highest BCUT2D eigenvalue weighted by Gasteiger charge is 2.30. The molecule has 1 aromatic carbocycles. The second-order valence-electron chi connectivity index (χ2n) is 5.00. The summed E-state index contributed by atoms with van der Waals surface area (Å²) < 4.78 is 37.3. The molecule has 1 saturated heterocycles. The minimum atomic E-state index is -4.36. The average Bonchev–Trinajstić information content (AvgIpc) is 2.67. The molecule has 0 radical (unpaired) electrons. The Morgan fingerprint density at radius 2 is 1.90 bits per heavy atom. The Labute approximate surface area is 121 Å². The third-order valence-electron chi connectivity index (χ3n) is 3.30. The molecule has 1 aromatic rings. The van der Waals surface area contributed by atoms with Gasteiger partial charge in [0.2, 0.25) is 5.91 Å². The zero-order valence-electron chi connectivity index (χ0n) is 11.5. The van der Waals surface area contributed by atoms with Crippen molar-refractivity contribution in [3.05, 3.63) is 29.8 Å². The second kappa shape index (κ2) is 6.91. The van der Waals surface area contributed by atoms with Gasteiger partial charge in [-0.05, 0) is 43.8 Å². The largest absolute Gasteiger partial charge is 0.416 e. The fourth-order valence-corrected chi connectivity index (χ4v) is 2.21. The summed E-state index contributed by atoms with van der Waals surface area (Å²) in [7, 11) is 0. The number of amides is 1. The lowest BCUT2D eigenvalue weighted by atomic mass is 10.2. The molecule has 21 heavy (non-hydrogen) atoms. The Balaban J connectivity index is 1.87. The van der Waals surface area contributed by atoms with E-state index in [0.717, 1.165) is 44.7 Å². The van der Waals surface area contributed by atoms with Crippen LogP contribution in [0.15, 0.2) is 24.3 Å². The fraction of sp³-hybridized carbons (Fsp3) is 0.500. The Hall–Kier alpha value is -1.60. The van der Waals surface area contributed by atoms with Crippen LogP contribution in [0.2, 0.25) is 0 Å². The number of hydrogen-bond acceptors (Lipinski definition) is 3. The molecule has 0 atom stereocenters. The molecule has 4 nitrogen and oxygen atoms in total. The van der Waals surface area contributed by atoms with Crippen molar-refractivity contribution in [2.75, 3.05) is 38.0 Å². The van der Waals surface area contributed by atoms with E-state index in [9.17, 15) is 18.0 Å². The van der Waals surface area contributed by atoms with Crippen molar-refractivity contribution in [1.82, 2.24) is 10.2 Å². The van der Waals surface area contributed by atoms with Crippen LogP contribution in [0.25, 0.3) is 0 Å². The number of nitrogens with zero attached hydrogens (tertiary/aromatic N) is 1. The molecule has 0 aliphatic carbocycles. The van der Waals surface area contributed by atoms with Gasteiger partial charge in [-0.25, -0.2) is 0 Å². The standard InChI is InChI=1S/C14H18F3N3O/c15-14(16,17)11-2-4-12(5-3-11)19-13(21)10-20-8-1-6-18-7-9-20/h2-5,18H,1,6-10H2,(H,19,21). The summed E-state index contributed by atoms with van der Waals surface area (Å²) >= 11 is 0. The first-order valence-corrected chi connectivity index (χ1v) is 6.85. The molecule has 0 bridgehead atoms. The highest BCUT2D eigenvalue weighted by Crippen LogP contribution is 2.29. The lowest BCUT2D eigenvalue weighted by Gasteiger charge is -2.18. The lowest BCUT2D eigenvalue weighted by molar-refractivity contribution is -0.137. The predicted molar refractivity (Wildman–Crippen MR) is 74.0 cm³/mol. The van der Waals surface area contributed by atoms with E-state index in [-0.39, 0.29) is 12.5 Å². The first kappa shape index (κ1) is 15.8. The summed E-state index contributed by atoms with van der Waals surface area (Å²) in [5.74, 6) is -0.211. The Morgan fingerprint density at radius 3 is 2.57 bits per heavy atom. The average molecular weight is 301 g/mol. The van der Waals surface area contributed by atoms with Crippen LogP contribution in [0.1, 0.15) is 12.0 Å². The number of hydrogen-bond donors (Lipinski definition) is 2. The Kier molecular flexibility index (Phi) is 5.19. The highest BCUT2D eigenvalue weighted by atomic mass is 19.4. The quantitative estimate of drug-likeness (QED) is 0.897. The monoisotopic (exact) mass is 301 g/mol. The maximum atomic E-state index is 12.4. The van der Waals surface area contributed by atoms with Gasteiger partial charge in [-0.15, -0.1) is 0 Å². The van der Waals surface area contributed by atoms with Gasteiger partial charge in [0.25, 0.3) is 0 Å². The van der Waals surface area contributed by atoms with E-state index in [0.29, 0.717) is 5.69 Å². The first-order chi connectivity index (χ1) is 9.95. The van der Waals surface area contributed by atoms with Crippen molar-refractivity contribution >= 4 is 11.6 Å². The van der Waals surface area contributed by atoms with E-state index in [2.05, 4.69) is 10.6 Å². The minimum Gasteiger partial charge on any atom is -0.325 e. The summed E-state index contributed by atoms with van der Waals surface area (Å²) in [4.78, 5) is 13.9. The number of carbonyl (C=O) groups excluding carboxylic acids is 1. The second-order valence-corrected chi connectivity index (χ2v) is 5.00. The van der Waals surface area contributed by atoms with Crippen LogP contribution in [0.3, 0.4) is 0 Å². The summed E-state index contributed by atoms with van der Waals surface area (Å²) in [6, 6.07) is 4.46. The van der Waals surface area contributed by atoms with E-state index < -0.39 is 11.7 Å². The van der Waals surface area contributed by atoms with E-state index in [1.165, 1.54) is 12.1 Å². The minimum absolute atomic E-state index is 0.211. The SMILES string of the molecule is O=C(CN1CCCNCC1)Nc1ccc(C(F)(F)F)cc1. The van der Waals surface area contributed by atoms with Crippen LogP contribution >= 0.6 is 0 Å². The van der Waals surface area contributed by atoms with Gasteiger partial charge in [0.05, 0.1) is 12.1 Å². The normalized spacial score (nSPS) is 17.3. The molecule has 1 fully saturated rings. The third kappa shape index (κ3) is 5.02. The van der Waals surface area contributed by atoms with Crippen LogP contribution in [0.5, 0.6) is 0 Å². The maximum Gasteiger partial charge on any atom is 0.416 e. The summed E-state index contributed by atoms with van der Waals surface area (Å²) in [6.07, 6.45) is -3.38. The van der Waals surface area contributed by atoms with Crippen LogP contribution in [0.4, 0.5) is 18.9 Å².